The van der Waals surface area contributed by atoms with Crippen LogP contribution >= 0.6 is 0 Å². The van der Waals surface area contributed by atoms with E-state index in [1.165, 1.54) is 19.3 Å². The molecule has 1 saturated heterocycles. The standard InChI is InChI=1S/C22H26N6O/c1-14-6-7-16(22(29)26-17-8-9-17)11-18(14)28-13-25-19-20(23-12-24-21(19)28)27-10-4-3-5-15(27)2/h6-7,11-13,15,17H,3-5,8-10H2,1-2H3,(H,26,29). The summed E-state index contributed by atoms with van der Waals surface area (Å²) in [6.45, 7) is 5.28. The molecule has 150 valence electrons. The van der Waals surface area contributed by atoms with Gasteiger partial charge >= 0.3 is 0 Å². The quantitative estimate of drug-likeness (QED) is 0.739. The van der Waals surface area contributed by atoms with Gasteiger partial charge in [-0.1, -0.05) is 6.07 Å². The number of imidazole rings is 1. The molecule has 2 fully saturated rings. The van der Waals surface area contributed by atoms with Gasteiger partial charge in [-0.05, 0) is 63.6 Å². The Kier molecular flexibility index (Phi) is 4.45. The third-order valence-electron chi connectivity index (χ3n) is 6.03. The second kappa shape index (κ2) is 7.13. The molecule has 1 atom stereocenters. The van der Waals surface area contributed by atoms with Gasteiger partial charge < -0.3 is 10.2 Å². The van der Waals surface area contributed by atoms with Gasteiger partial charge in [-0.3, -0.25) is 9.36 Å². The Morgan fingerprint density at radius 2 is 2.00 bits per heavy atom. The second-order valence-electron chi connectivity index (χ2n) is 8.27. The lowest BCUT2D eigenvalue weighted by atomic mass is 10.0. The maximum Gasteiger partial charge on any atom is 0.251 e. The third kappa shape index (κ3) is 3.34. The van der Waals surface area contributed by atoms with Gasteiger partial charge in [0.05, 0.1) is 5.69 Å². The van der Waals surface area contributed by atoms with Crippen LogP contribution in [0.2, 0.25) is 0 Å². The van der Waals surface area contributed by atoms with Gasteiger partial charge in [0, 0.05) is 24.2 Å². The number of carbonyl (C=O) groups excluding carboxylic acids is 1. The van der Waals surface area contributed by atoms with Crippen molar-refractivity contribution in [2.45, 2.75) is 58.0 Å². The minimum Gasteiger partial charge on any atom is -0.352 e. The van der Waals surface area contributed by atoms with Crippen molar-refractivity contribution < 1.29 is 4.79 Å². The van der Waals surface area contributed by atoms with E-state index in [0.717, 1.165) is 47.6 Å². The molecule has 1 amide bonds. The Morgan fingerprint density at radius 3 is 2.79 bits per heavy atom. The largest absolute Gasteiger partial charge is 0.352 e. The molecule has 1 aromatic carbocycles. The van der Waals surface area contributed by atoms with Gasteiger partial charge in [0.1, 0.15) is 12.7 Å². The number of amides is 1. The number of hydrogen-bond donors (Lipinski definition) is 1. The predicted octanol–water partition coefficient (Wildman–Crippen LogP) is 3.39. The molecule has 3 heterocycles. The number of aromatic nitrogens is 4. The zero-order chi connectivity index (χ0) is 20.0. The zero-order valence-electron chi connectivity index (χ0n) is 16.9. The number of rotatable bonds is 4. The van der Waals surface area contributed by atoms with E-state index < -0.39 is 0 Å². The van der Waals surface area contributed by atoms with Crippen LogP contribution in [-0.2, 0) is 0 Å². The van der Waals surface area contributed by atoms with E-state index in [0.29, 0.717) is 17.6 Å². The number of fused-ring (bicyclic) bond motifs is 1. The van der Waals surface area contributed by atoms with Gasteiger partial charge in [0.15, 0.2) is 17.0 Å². The summed E-state index contributed by atoms with van der Waals surface area (Å²) < 4.78 is 1.97. The Morgan fingerprint density at radius 1 is 1.14 bits per heavy atom. The van der Waals surface area contributed by atoms with Crippen LogP contribution in [0.1, 0.15) is 54.9 Å². The van der Waals surface area contributed by atoms with Crippen LogP contribution in [0.25, 0.3) is 16.9 Å². The third-order valence-corrected chi connectivity index (χ3v) is 6.03. The summed E-state index contributed by atoms with van der Waals surface area (Å²) in [5, 5.41) is 3.06. The van der Waals surface area contributed by atoms with E-state index in [1.807, 2.05) is 29.7 Å². The maximum absolute atomic E-state index is 12.5. The van der Waals surface area contributed by atoms with Crippen molar-refractivity contribution in [3.63, 3.8) is 0 Å². The monoisotopic (exact) mass is 390 g/mol. The predicted molar refractivity (Wildman–Crippen MR) is 113 cm³/mol. The Bertz CT molecular complexity index is 1070. The summed E-state index contributed by atoms with van der Waals surface area (Å²) in [6.07, 6.45) is 9.17. The first-order valence-electron chi connectivity index (χ1n) is 10.5. The lowest BCUT2D eigenvalue weighted by Crippen LogP contribution is -2.38. The molecule has 1 N–H and O–H groups in total. The van der Waals surface area contributed by atoms with Crippen molar-refractivity contribution in [2.75, 3.05) is 11.4 Å². The highest BCUT2D eigenvalue weighted by atomic mass is 16.1. The van der Waals surface area contributed by atoms with Crippen molar-refractivity contribution >= 4 is 22.9 Å². The molecular formula is C22H26N6O. The van der Waals surface area contributed by atoms with E-state index in [1.54, 1.807) is 12.7 Å². The SMILES string of the molecule is Cc1ccc(C(=O)NC2CC2)cc1-n1cnc2c(N3CCCCC3C)ncnc21. The van der Waals surface area contributed by atoms with E-state index in [-0.39, 0.29) is 5.91 Å². The molecule has 1 aliphatic carbocycles. The van der Waals surface area contributed by atoms with Gasteiger partial charge in [-0.2, -0.15) is 0 Å². The molecule has 2 aromatic heterocycles. The van der Waals surface area contributed by atoms with E-state index in [2.05, 4.69) is 32.1 Å². The van der Waals surface area contributed by atoms with Gasteiger partial charge in [0.25, 0.3) is 5.91 Å². The lowest BCUT2D eigenvalue weighted by molar-refractivity contribution is 0.0951. The first-order chi connectivity index (χ1) is 14.1. The van der Waals surface area contributed by atoms with Crippen LogP contribution in [-0.4, -0.2) is 44.1 Å². The smallest absolute Gasteiger partial charge is 0.251 e. The molecule has 1 saturated carbocycles. The van der Waals surface area contributed by atoms with Gasteiger partial charge in [-0.15, -0.1) is 0 Å². The summed E-state index contributed by atoms with van der Waals surface area (Å²) >= 11 is 0. The Balaban J connectivity index is 1.55. The summed E-state index contributed by atoms with van der Waals surface area (Å²) in [5.74, 6) is 0.886. The molecule has 5 rings (SSSR count). The molecule has 7 heteroatoms. The van der Waals surface area contributed by atoms with Crippen molar-refractivity contribution in [1.29, 1.82) is 0 Å². The summed E-state index contributed by atoms with van der Waals surface area (Å²) in [6, 6.07) is 6.58. The fourth-order valence-electron chi connectivity index (χ4n) is 4.13. The normalized spacial score (nSPS) is 19.5. The second-order valence-corrected chi connectivity index (χ2v) is 8.27. The van der Waals surface area contributed by atoms with Crippen LogP contribution in [0.5, 0.6) is 0 Å². The molecule has 3 aromatic rings. The van der Waals surface area contributed by atoms with Crippen LogP contribution in [0.3, 0.4) is 0 Å². The molecule has 1 aliphatic heterocycles. The van der Waals surface area contributed by atoms with Crippen molar-refractivity contribution in [3.05, 3.63) is 42.0 Å². The number of nitrogens with zero attached hydrogens (tertiary/aromatic N) is 5. The molecule has 2 aliphatic rings. The number of anilines is 1. The van der Waals surface area contributed by atoms with Gasteiger partial charge in [0.2, 0.25) is 0 Å². The molecule has 0 bridgehead atoms. The highest BCUT2D eigenvalue weighted by Crippen LogP contribution is 2.30. The minimum atomic E-state index is -0.0179. The number of carbonyl (C=O) groups is 1. The summed E-state index contributed by atoms with van der Waals surface area (Å²) in [7, 11) is 0. The first-order valence-corrected chi connectivity index (χ1v) is 10.5. The Hall–Kier alpha value is -2.96. The zero-order valence-corrected chi connectivity index (χ0v) is 16.9. The molecule has 1 unspecified atom stereocenters. The number of hydrogen-bond acceptors (Lipinski definition) is 5. The molecule has 29 heavy (non-hydrogen) atoms. The number of benzene rings is 1. The van der Waals surface area contributed by atoms with Crippen LogP contribution in [0, 0.1) is 6.92 Å². The molecule has 7 nitrogen and oxygen atoms in total. The average molecular weight is 390 g/mol. The number of nitrogens with one attached hydrogen (secondary N) is 1. The van der Waals surface area contributed by atoms with Gasteiger partial charge in [-0.25, -0.2) is 15.0 Å². The molecule has 0 spiro atoms. The highest BCUT2D eigenvalue weighted by Gasteiger charge is 2.25. The van der Waals surface area contributed by atoms with Crippen molar-refractivity contribution in [2.24, 2.45) is 0 Å². The van der Waals surface area contributed by atoms with Crippen LogP contribution in [0.4, 0.5) is 5.82 Å². The summed E-state index contributed by atoms with van der Waals surface area (Å²) in [4.78, 5) is 28.6. The lowest BCUT2D eigenvalue weighted by Gasteiger charge is -2.34. The summed E-state index contributed by atoms with van der Waals surface area (Å²) in [5.41, 5.74) is 4.24. The van der Waals surface area contributed by atoms with E-state index >= 15 is 0 Å². The number of aryl methyl sites for hydroxylation is 1. The van der Waals surface area contributed by atoms with E-state index in [4.69, 9.17) is 0 Å². The van der Waals surface area contributed by atoms with E-state index in [9.17, 15) is 4.79 Å². The molecular weight excluding hydrogens is 364 g/mol. The van der Waals surface area contributed by atoms with Crippen molar-refractivity contribution in [1.82, 2.24) is 24.8 Å². The van der Waals surface area contributed by atoms with Crippen LogP contribution in [0.15, 0.2) is 30.9 Å². The molecule has 0 radical (unpaired) electrons. The average Bonchev–Trinajstić information content (AvgIpc) is 3.44. The van der Waals surface area contributed by atoms with Crippen molar-refractivity contribution in [3.8, 4) is 5.69 Å². The fraction of sp³-hybridized carbons (Fsp3) is 0.455. The highest BCUT2D eigenvalue weighted by molar-refractivity contribution is 5.95. The topological polar surface area (TPSA) is 75.9 Å². The Labute approximate surface area is 170 Å². The minimum absolute atomic E-state index is 0.0179. The maximum atomic E-state index is 12.5. The van der Waals surface area contributed by atoms with Crippen LogP contribution < -0.4 is 10.2 Å². The number of piperidine rings is 1. The fourth-order valence-corrected chi connectivity index (χ4v) is 4.13. The first kappa shape index (κ1) is 18.1.